The van der Waals surface area contributed by atoms with Crippen LogP contribution < -0.4 is 15.0 Å². The molecule has 0 saturated heterocycles. The van der Waals surface area contributed by atoms with Crippen molar-refractivity contribution in [3.8, 4) is 5.75 Å². The van der Waals surface area contributed by atoms with E-state index in [-0.39, 0.29) is 0 Å². The lowest BCUT2D eigenvalue weighted by atomic mass is 10.2. The summed E-state index contributed by atoms with van der Waals surface area (Å²) in [6.45, 7) is 5.40. The summed E-state index contributed by atoms with van der Waals surface area (Å²) in [5.74, 6) is 2.32. The SMILES string of the molecule is CCOc1ccc(Nc2nc(C)cc(N(C)Cc3ccccc3)n2)cc1. The molecule has 2 aromatic carbocycles. The van der Waals surface area contributed by atoms with E-state index < -0.39 is 0 Å². The molecule has 0 aliphatic rings. The highest BCUT2D eigenvalue weighted by Gasteiger charge is 2.08. The molecule has 1 heterocycles. The fourth-order valence-electron chi connectivity index (χ4n) is 2.67. The molecule has 134 valence electrons. The van der Waals surface area contributed by atoms with Gasteiger partial charge in [0.2, 0.25) is 5.95 Å². The molecule has 5 heteroatoms. The second-order valence-electron chi connectivity index (χ2n) is 6.12. The van der Waals surface area contributed by atoms with Crippen molar-refractivity contribution in [1.82, 2.24) is 9.97 Å². The molecule has 3 rings (SSSR count). The molecule has 0 aliphatic heterocycles. The fourth-order valence-corrected chi connectivity index (χ4v) is 2.67. The van der Waals surface area contributed by atoms with E-state index >= 15 is 0 Å². The summed E-state index contributed by atoms with van der Waals surface area (Å²) in [7, 11) is 2.04. The van der Waals surface area contributed by atoms with Gasteiger partial charge in [-0.05, 0) is 43.7 Å². The van der Waals surface area contributed by atoms with Gasteiger partial charge < -0.3 is 15.0 Å². The lowest BCUT2D eigenvalue weighted by Gasteiger charge is -2.19. The van der Waals surface area contributed by atoms with Crippen LogP contribution in [0.5, 0.6) is 5.75 Å². The average Bonchev–Trinajstić information content (AvgIpc) is 2.64. The number of hydrogen-bond acceptors (Lipinski definition) is 5. The van der Waals surface area contributed by atoms with Gasteiger partial charge in [0, 0.05) is 31.0 Å². The second kappa shape index (κ2) is 8.34. The van der Waals surface area contributed by atoms with Gasteiger partial charge in [0.15, 0.2) is 0 Å². The van der Waals surface area contributed by atoms with Crippen LogP contribution in [-0.2, 0) is 6.54 Å². The van der Waals surface area contributed by atoms with Crippen molar-refractivity contribution in [2.75, 3.05) is 23.9 Å². The molecule has 5 nitrogen and oxygen atoms in total. The maximum absolute atomic E-state index is 5.47. The average molecular weight is 348 g/mol. The van der Waals surface area contributed by atoms with Crippen molar-refractivity contribution in [3.63, 3.8) is 0 Å². The Morgan fingerprint density at radius 1 is 1.00 bits per heavy atom. The zero-order chi connectivity index (χ0) is 18.4. The van der Waals surface area contributed by atoms with Crippen LogP contribution in [0.15, 0.2) is 60.7 Å². The van der Waals surface area contributed by atoms with Crippen LogP contribution in [0.3, 0.4) is 0 Å². The minimum atomic E-state index is 0.587. The van der Waals surface area contributed by atoms with Crippen molar-refractivity contribution < 1.29 is 4.74 Å². The van der Waals surface area contributed by atoms with Crippen LogP contribution in [0.4, 0.5) is 17.5 Å². The summed E-state index contributed by atoms with van der Waals surface area (Å²) < 4.78 is 5.47. The molecule has 0 saturated carbocycles. The first kappa shape index (κ1) is 17.7. The predicted octanol–water partition coefficient (Wildman–Crippen LogP) is 4.56. The van der Waals surface area contributed by atoms with Gasteiger partial charge >= 0.3 is 0 Å². The molecule has 0 unspecified atom stereocenters. The van der Waals surface area contributed by atoms with Crippen LogP contribution in [0.2, 0.25) is 0 Å². The van der Waals surface area contributed by atoms with Crippen LogP contribution >= 0.6 is 0 Å². The highest BCUT2D eigenvalue weighted by atomic mass is 16.5. The van der Waals surface area contributed by atoms with E-state index in [9.17, 15) is 0 Å². The summed E-state index contributed by atoms with van der Waals surface area (Å²) in [6.07, 6.45) is 0. The Balaban J connectivity index is 1.74. The number of aromatic nitrogens is 2. The molecule has 0 amide bonds. The first-order valence-corrected chi connectivity index (χ1v) is 8.74. The van der Waals surface area contributed by atoms with Crippen molar-refractivity contribution in [1.29, 1.82) is 0 Å². The zero-order valence-electron chi connectivity index (χ0n) is 15.4. The van der Waals surface area contributed by atoms with Gasteiger partial charge in [-0.2, -0.15) is 4.98 Å². The molecule has 1 aromatic heterocycles. The van der Waals surface area contributed by atoms with E-state index in [4.69, 9.17) is 4.74 Å². The highest BCUT2D eigenvalue weighted by molar-refractivity contribution is 5.56. The Kier molecular flexibility index (Phi) is 5.69. The van der Waals surface area contributed by atoms with E-state index in [2.05, 4.69) is 32.3 Å². The molecule has 0 fully saturated rings. The summed E-state index contributed by atoms with van der Waals surface area (Å²) in [6, 6.07) is 20.1. The molecule has 3 aromatic rings. The normalized spacial score (nSPS) is 10.4. The minimum absolute atomic E-state index is 0.587. The molecular formula is C21H24N4O. The lowest BCUT2D eigenvalue weighted by Crippen LogP contribution is -2.18. The standard InChI is InChI=1S/C21H24N4O/c1-4-26-19-12-10-18(11-13-19)23-21-22-16(2)14-20(24-21)25(3)15-17-8-6-5-7-9-17/h5-14H,4,15H2,1-3H3,(H,22,23,24). The van der Waals surface area contributed by atoms with Gasteiger partial charge in [0.25, 0.3) is 0 Å². The Bertz CT molecular complexity index is 834. The summed E-state index contributed by atoms with van der Waals surface area (Å²) in [4.78, 5) is 11.3. The van der Waals surface area contributed by atoms with E-state index in [0.717, 1.165) is 29.5 Å². The second-order valence-corrected chi connectivity index (χ2v) is 6.12. The van der Waals surface area contributed by atoms with Gasteiger partial charge in [-0.1, -0.05) is 30.3 Å². The van der Waals surface area contributed by atoms with Gasteiger partial charge in [-0.25, -0.2) is 4.98 Å². The minimum Gasteiger partial charge on any atom is -0.494 e. The van der Waals surface area contributed by atoms with Crippen LogP contribution in [0.1, 0.15) is 18.2 Å². The third-order valence-corrected chi connectivity index (χ3v) is 3.92. The number of ether oxygens (including phenoxy) is 1. The molecular weight excluding hydrogens is 324 g/mol. The van der Waals surface area contributed by atoms with E-state index in [1.54, 1.807) is 0 Å². The van der Waals surface area contributed by atoms with Crippen LogP contribution in [0, 0.1) is 6.92 Å². The third kappa shape index (κ3) is 4.72. The lowest BCUT2D eigenvalue weighted by molar-refractivity contribution is 0.340. The first-order valence-electron chi connectivity index (χ1n) is 8.74. The van der Waals surface area contributed by atoms with Gasteiger partial charge in [0.05, 0.1) is 6.61 Å². The smallest absolute Gasteiger partial charge is 0.229 e. The molecule has 0 bridgehead atoms. The molecule has 26 heavy (non-hydrogen) atoms. The third-order valence-electron chi connectivity index (χ3n) is 3.92. The Hall–Kier alpha value is -3.08. The summed E-state index contributed by atoms with van der Waals surface area (Å²) >= 11 is 0. The van der Waals surface area contributed by atoms with Crippen molar-refractivity contribution in [2.45, 2.75) is 20.4 Å². The number of anilines is 3. The monoisotopic (exact) mass is 348 g/mol. The van der Waals surface area contributed by atoms with Crippen LogP contribution in [0.25, 0.3) is 0 Å². The summed E-state index contributed by atoms with van der Waals surface area (Å²) in [5, 5.41) is 3.27. The zero-order valence-corrected chi connectivity index (χ0v) is 15.4. The van der Waals surface area contributed by atoms with Gasteiger partial charge in [0.1, 0.15) is 11.6 Å². The number of hydrogen-bond donors (Lipinski definition) is 1. The van der Waals surface area contributed by atoms with Crippen molar-refractivity contribution in [3.05, 3.63) is 71.9 Å². The maximum atomic E-state index is 5.47. The summed E-state index contributed by atoms with van der Waals surface area (Å²) in [5.41, 5.74) is 3.09. The molecule has 0 radical (unpaired) electrons. The predicted molar refractivity (Wildman–Crippen MR) is 106 cm³/mol. The van der Waals surface area contributed by atoms with E-state index in [1.807, 2.05) is 69.4 Å². The van der Waals surface area contributed by atoms with Crippen LogP contribution in [-0.4, -0.2) is 23.6 Å². The van der Waals surface area contributed by atoms with Crippen molar-refractivity contribution >= 4 is 17.5 Å². The quantitative estimate of drug-likeness (QED) is 0.678. The first-order chi connectivity index (χ1) is 12.6. The Morgan fingerprint density at radius 2 is 1.73 bits per heavy atom. The number of nitrogens with one attached hydrogen (secondary N) is 1. The van der Waals surface area contributed by atoms with E-state index in [0.29, 0.717) is 12.6 Å². The van der Waals surface area contributed by atoms with Crippen molar-refractivity contribution in [2.24, 2.45) is 0 Å². The largest absolute Gasteiger partial charge is 0.494 e. The van der Waals surface area contributed by atoms with E-state index in [1.165, 1.54) is 5.56 Å². The van der Waals surface area contributed by atoms with Gasteiger partial charge in [-0.15, -0.1) is 0 Å². The Labute approximate surface area is 154 Å². The molecule has 0 spiro atoms. The number of nitrogens with zero attached hydrogens (tertiary/aromatic N) is 3. The molecule has 0 atom stereocenters. The molecule has 1 N–H and O–H groups in total. The Morgan fingerprint density at radius 3 is 2.42 bits per heavy atom. The maximum Gasteiger partial charge on any atom is 0.229 e. The molecule has 0 aliphatic carbocycles. The number of aryl methyl sites for hydroxylation is 1. The topological polar surface area (TPSA) is 50.3 Å². The fraction of sp³-hybridized carbons (Fsp3) is 0.238. The van der Waals surface area contributed by atoms with Gasteiger partial charge in [-0.3, -0.25) is 0 Å². The highest BCUT2D eigenvalue weighted by Crippen LogP contribution is 2.21. The number of benzene rings is 2. The number of rotatable bonds is 7.